The molecule has 0 aliphatic heterocycles. The molecule has 0 radical (unpaired) electrons. The second-order valence-corrected chi connectivity index (χ2v) is 3.77. The van der Waals surface area contributed by atoms with Crippen LogP contribution in [0.15, 0.2) is 0 Å². The Labute approximate surface area is 72.5 Å². The van der Waals surface area contributed by atoms with Crippen LogP contribution in [-0.4, -0.2) is 18.5 Å². The van der Waals surface area contributed by atoms with Crippen LogP contribution in [0.2, 0.25) is 0 Å². The van der Waals surface area contributed by atoms with E-state index in [1.165, 1.54) is 19.3 Å². The summed E-state index contributed by atoms with van der Waals surface area (Å²) in [5, 5.41) is 2.93. The molecular weight excluding hydrogens is 160 g/mol. The first-order valence-electron chi connectivity index (χ1n) is 4.65. The molecule has 12 heavy (non-hydrogen) atoms. The summed E-state index contributed by atoms with van der Waals surface area (Å²) in [5.41, 5.74) is 0. The zero-order valence-corrected chi connectivity index (χ0v) is 7.69. The summed E-state index contributed by atoms with van der Waals surface area (Å²) in [7, 11) is 0. The van der Waals surface area contributed by atoms with Crippen molar-refractivity contribution < 1.29 is 8.78 Å². The first kappa shape index (κ1) is 9.90. The van der Waals surface area contributed by atoms with Crippen molar-refractivity contribution >= 4 is 0 Å². The number of alkyl halides is 2. The molecule has 0 saturated heterocycles. The first-order valence-corrected chi connectivity index (χ1v) is 4.65. The molecule has 0 aromatic rings. The molecule has 1 saturated carbocycles. The summed E-state index contributed by atoms with van der Waals surface area (Å²) in [4.78, 5) is 0. The van der Waals surface area contributed by atoms with Crippen LogP contribution in [0, 0.1) is 5.92 Å². The smallest absolute Gasteiger partial charge is 0.253 e. The minimum absolute atomic E-state index is 0.253. The highest BCUT2D eigenvalue weighted by atomic mass is 19.3. The van der Waals surface area contributed by atoms with Crippen LogP contribution < -0.4 is 5.32 Å². The minimum Gasteiger partial charge on any atom is -0.306 e. The second kappa shape index (κ2) is 4.17. The van der Waals surface area contributed by atoms with Gasteiger partial charge in [-0.1, -0.05) is 6.42 Å². The molecule has 1 fully saturated rings. The Kier molecular flexibility index (Phi) is 3.44. The molecule has 0 heterocycles. The third-order valence-corrected chi connectivity index (χ3v) is 2.76. The maximum absolute atomic E-state index is 12.1. The third kappa shape index (κ3) is 2.41. The van der Waals surface area contributed by atoms with Crippen LogP contribution in [0.4, 0.5) is 8.78 Å². The lowest BCUT2D eigenvalue weighted by atomic mass is 9.80. The number of hydrogen-bond donors (Lipinski definition) is 1. The monoisotopic (exact) mass is 177 g/mol. The van der Waals surface area contributed by atoms with Gasteiger partial charge in [-0.3, -0.25) is 0 Å². The van der Waals surface area contributed by atoms with E-state index in [0.29, 0.717) is 5.92 Å². The van der Waals surface area contributed by atoms with E-state index in [4.69, 9.17) is 0 Å². The van der Waals surface area contributed by atoms with E-state index < -0.39 is 12.5 Å². The van der Waals surface area contributed by atoms with Crippen molar-refractivity contribution in [3.8, 4) is 0 Å². The lowest BCUT2D eigenvalue weighted by Gasteiger charge is -2.33. The normalized spacial score (nSPS) is 23.8. The van der Waals surface area contributed by atoms with Crippen LogP contribution in [0.3, 0.4) is 0 Å². The Morgan fingerprint density at radius 2 is 1.83 bits per heavy atom. The summed E-state index contributed by atoms with van der Waals surface area (Å²) < 4.78 is 24.2. The van der Waals surface area contributed by atoms with E-state index in [1.807, 2.05) is 6.92 Å². The number of rotatable bonds is 4. The fourth-order valence-corrected chi connectivity index (χ4v) is 1.56. The summed E-state index contributed by atoms with van der Waals surface area (Å²) in [6.45, 7) is 3.54. The van der Waals surface area contributed by atoms with Crippen LogP contribution in [-0.2, 0) is 0 Å². The van der Waals surface area contributed by atoms with Gasteiger partial charge in [0, 0.05) is 6.04 Å². The van der Waals surface area contributed by atoms with E-state index >= 15 is 0 Å². The Balaban J connectivity index is 2.20. The van der Waals surface area contributed by atoms with Crippen LogP contribution in [0.5, 0.6) is 0 Å². The molecule has 72 valence electrons. The van der Waals surface area contributed by atoms with Crippen LogP contribution in [0.1, 0.15) is 33.1 Å². The van der Waals surface area contributed by atoms with Gasteiger partial charge in [-0.25, -0.2) is 8.78 Å². The highest BCUT2D eigenvalue weighted by Gasteiger charge is 2.26. The minimum atomic E-state index is -2.24. The van der Waals surface area contributed by atoms with Crippen molar-refractivity contribution in [2.24, 2.45) is 5.92 Å². The van der Waals surface area contributed by atoms with Gasteiger partial charge in [0.15, 0.2) is 0 Å². The van der Waals surface area contributed by atoms with Gasteiger partial charge >= 0.3 is 0 Å². The lowest BCUT2D eigenvalue weighted by Crippen LogP contribution is -2.44. The molecule has 0 bridgehead atoms. The van der Waals surface area contributed by atoms with Gasteiger partial charge in [0.25, 0.3) is 6.43 Å². The van der Waals surface area contributed by atoms with Crippen molar-refractivity contribution in [1.82, 2.24) is 5.32 Å². The Morgan fingerprint density at radius 1 is 1.25 bits per heavy atom. The van der Waals surface area contributed by atoms with E-state index in [1.54, 1.807) is 6.92 Å². The average molecular weight is 177 g/mol. The molecule has 1 nitrogen and oxygen atoms in total. The van der Waals surface area contributed by atoms with Crippen molar-refractivity contribution in [2.45, 2.75) is 51.6 Å². The second-order valence-electron chi connectivity index (χ2n) is 3.77. The molecule has 0 aromatic carbocycles. The summed E-state index contributed by atoms with van der Waals surface area (Å²) in [6, 6.07) is -0.414. The quantitative estimate of drug-likeness (QED) is 0.695. The van der Waals surface area contributed by atoms with Crippen molar-refractivity contribution in [3.05, 3.63) is 0 Å². The highest BCUT2D eigenvalue weighted by Crippen LogP contribution is 2.29. The molecule has 2 unspecified atom stereocenters. The largest absolute Gasteiger partial charge is 0.306 e. The van der Waals surface area contributed by atoms with Crippen molar-refractivity contribution in [2.75, 3.05) is 0 Å². The summed E-state index contributed by atoms with van der Waals surface area (Å²) in [5.74, 6) is 0.631. The molecule has 2 atom stereocenters. The van der Waals surface area contributed by atoms with Gasteiger partial charge in [-0.05, 0) is 32.6 Å². The fourth-order valence-electron chi connectivity index (χ4n) is 1.56. The predicted molar refractivity (Wildman–Crippen MR) is 45.4 cm³/mol. The third-order valence-electron chi connectivity index (χ3n) is 2.76. The maximum Gasteiger partial charge on any atom is 0.253 e. The van der Waals surface area contributed by atoms with E-state index in [-0.39, 0.29) is 6.04 Å². The fraction of sp³-hybridized carbons (Fsp3) is 1.00. The standard InChI is InChI=1S/C9H17F2N/c1-6(8-4-3-5-8)12-7(2)9(10)11/h6-9,12H,3-5H2,1-2H3. The number of halogens is 2. The van der Waals surface area contributed by atoms with Gasteiger partial charge < -0.3 is 5.32 Å². The molecule has 1 N–H and O–H groups in total. The summed E-state index contributed by atoms with van der Waals surface area (Å²) >= 11 is 0. The van der Waals surface area contributed by atoms with Gasteiger partial charge in [0.05, 0.1) is 6.04 Å². The first-order chi connectivity index (χ1) is 5.61. The van der Waals surface area contributed by atoms with Crippen molar-refractivity contribution in [3.63, 3.8) is 0 Å². The highest BCUT2D eigenvalue weighted by molar-refractivity contribution is 4.81. The van der Waals surface area contributed by atoms with Crippen molar-refractivity contribution in [1.29, 1.82) is 0 Å². The van der Waals surface area contributed by atoms with Gasteiger partial charge in [-0.2, -0.15) is 0 Å². The zero-order valence-electron chi connectivity index (χ0n) is 7.69. The van der Waals surface area contributed by atoms with E-state index in [9.17, 15) is 8.78 Å². The van der Waals surface area contributed by atoms with E-state index in [0.717, 1.165) is 0 Å². The molecule has 3 heteroatoms. The molecule has 0 spiro atoms. The van der Waals surface area contributed by atoms with E-state index in [2.05, 4.69) is 5.32 Å². The maximum atomic E-state index is 12.1. The molecule has 0 amide bonds. The molecular formula is C9H17F2N. The Morgan fingerprint density at radius 3 is 2.17 bits per heavy atom. The lowest BCUT2D eigenvalue weighted by molar-refractivity contribution is 0.0897. The predicted octanol–water partition coefficient (Wildman–Crippen LogP) is 2.42. The SMILES string of the molecule is CC(NC(C)C1CCC1)C(F)F. The number of nitrogens with one attached hydrogen (secondary N) is 1. The molecule has 1 aliphatic carbocycles. The number of hydrogen-bond acceptors (Lipinski definition) is 1. The molecule has 1 aliphatic rings. The Hall–Kier alpha value is -0.180. The van der Waals surface area contributed by atoms with Gasteiger partial charge in [0.2, 0.25) is 0 Å². The topological polar surface area (TPSA) is 12.0 Å². The molecule has 1 rings (SSSR count). The van der Waals surface area contributed by atoms with Gasteiger partial charge in [-0.15, -0.1) is 0 Å². The van der Waals surface area contributed by atoms with Gasteiger partial charge in [0.1, 0.15) is 0 Å². The summed E-state index contributed by atoms with van der Waals surface area (Å²) in [6.07, 6.45) is 1.42. The molecule has 0 aromatic heterocycles. The Bertz CT molecular complexity index is 134. The zero-order chi connectivity index (χ0) is 9.14. The average Bonchev–Trinajstić information content (AvgIpc) is 1.82. The van der Waals surface area contributed by atoms with Crippen LogP contribution in [0.25, 0.3) is 0 Å². The van der Waals surface area contributed by atoms with Crippen LogP contribution >= 0.6 is 0 Å².